The fraction of sp³-hybridized carbons (Fsp3) is 0.217. The minimum Gasteiger partial charge on any atom is -0.484 e. The van der Waals surface area contributed by atoms with Gasteiger partial charge in [0.15, 0.2) is 6.61 Å². The third-order valence-electron chi connectivity index (χ3n) is 4.46. The molecule has 1 aromatic heterocycles. The number of ether oxygens (including phenoxy) is 1. The molecule has 0 fully saturated rings. The van der Waals surface area contributed by atoms with E-state index in [2.05, 4.69) is 31.3 Å². The number of carbonyl (C=O) groups excluding carboxylic acids is 1. The van der Waals surface area contributed by atoms with Crippen LogP contribution >= 0.6 is 0 Å². The summed E-state index contributed by atoms with van der Waals surface area (Å²) in [7, 11) is 0. The van der Waals surface area contributed by atoms with E-state index >= 15 is 0 Å². The zero-order valence-electron chi connectivity index (χ0n) is 17.5. The summed E-state index contributed by atoms with van der Waals surface area (Å²) in [6.45, 7) is 6.21. The number of hydrogen-bond donors (Lipinski definition) is 1. The standard InChI is InChI=1S/C23H23N3O5/c1-23(2,3)17-6-10-19(11-7-17)30-15-22(27)25-24-14-20-12-13-21(31-20)16-4-8-18(9-5-16)26(28)29/h4-14H,15H2,1-3H3,(H,25,27). The number of amides is 1. The molecule has 1 amide bonds. The van der Waals surface area contributed by atoms with Crippen LogP contribution in [-0.2, 0) is 10.2 Å². The molecule has 1 N–H and O–H groups in total. The smallest absolute Gasteiger partial charge is 0.277 e. The number of non-ortho nitro benzene ring substituents is 1. The van der Waals surface area contributed by atoms with Crippen LogP contribution in [0.5, 0.6) is 5.75 Å². The summed E-state index contributed by atoms with van der Waals surface area (Å²) < 4.78 is 11.1. The average molecular weight is 421 g/mol. The van der Waals surface area contributed by atoms with Crippen LogP contribution in [0.25, 0.3) is 11.3 Å². The minimum atomic E-state index is -0.461. The molecule has 160 valence electrons. The van der Waals surface area contributed by atoms with Gasteiger partial charge in [-0.05, 0) is 47.4 Å². The minimum absolute atomic E-state index is 0.00664. The second-order valence-corrected chi connectivity index (χ2v) is 7.86. The van der Waals surface area contributed by atoms with Gasteiger partial charge < -0.3 is 9.15 Å². The maximum absolute atomic E-state index is 11.9. The maximum atomic E-state index is 11.9. The summed E-state index contributed by atoms with van der Waals surface area (Å²) in [6.07, 6.45) is 1.37. The van der Waals surface area contributed by atoms with Crippen molar-refractivity contribution in [3.05, 3.63) is 82.1 Å². The van der Waals surface area contributed by atoms with Gasteiger partial charge in [-0.1, -0.05) is 32.9 Å². The first kappa shape index (κ1) is 21.8. The largest absolute Gasteiger partial charge is 0.484 e. The van der Waals surface area contributed by atoms with Gasteiger partial charge in [-0.15, -0.1) is 0 Å². The van der Waals surface area contributed by atoms with E-state index in [1.807, 2.05) is 24.3 Å². The van der Waals surface area contributed by atoms with Crippen molar-refractivity contribution in [3.8, 4) is 17.1 Å². The maximum Gasteiger partial charge on any atom is 0.277 e. The Kier molecular flexibility index (Phi) is 6.49. The first-order valence-electron chi connectivity index (χ1n) is 9.62. The van der Waals surface area contributed by atoms with Gasteiger partial charge in [0.1, 0.15) is 17.3 Å². The molecule has 8 nitrogen and oxygen atoms in total. The molecule has 3 aromatic rings. The zero-order chi connectivity index (χ0) is 22.4. The molecule has 2 aromatic carbocycles. The zero-order valence-corrected chi connectivity index (χ0v) is 17.5. The summed E-state index contributed by atoms with van der Waals surface area (Å²) in [5.74, 6) is 1.15. The van der Waals surface area contributed by atoms with Crippen LogP contribution in [0.3, 0.4) is 0 Å². The summed E-state index contributed by atoms with van der Waals surface area (Å²) >= 11 is 0. The normalized spacial score (nSPS) is 11.5. The number of hydrazone groups is 1. The second-order valence-electron chi connectivity index (χ2n) is 7.86. The Morgan fingerprint density at radius 1 is 1.10 bits per heavy atom. The number of nitro groups is 1. The predicted octanol–water partition coefficient (Wildman–Crippen LogP) is 4.68. The van der Waals surface area contributed by atoms with Gasteiger partial charge in [0.2, 0.25) is 0 Å². The van der Waals surface area contributed by atoms with Crippen molar-refractivity contribution in [1.82, 2.24) is 5.43 Å². The summed E-state index contributed by atoms with van der Waals surface area (Å²) in [5, 5.41) is 14.6. The molecule has 31 heavy (non-hydrogen) atoms. The number of nitrogens with zero attached hydrogens (tertiary/aromatic N) is 2. The van der Waals surface area contributed by atoms with E-state index in [0.717, 1.165) is 0 Å². The highest BCUT2D eigenvalue weighted by atomic mass is 16.6. The molecule has 0 unspecified atom stereocenters. The third kappa shape index (κ3) is 6.02. The number of furan rings is 1. The Morgan fingerprint density at radius 2 is 1.77 bits per heavy atom. The van der Waals surface area contributed by atoms with Crippen LogP contribution in [0.4, 0.5) is 5.69 Å². The summed E-state index contributed by atoms with van der Waals surface area (Å²) in [4.78, 5) is 22.2. The van der Waals surface area contributed by atoms with E-state index in [4.69, 9.17) is 9.15 Å². The van der Waals surface area contributed by atoms with E-state index in [9.17, 15) is 14.9 Å². The number of nitro benzene ring substituents is 1. The van der Waals surface area contributed by atoms with E-state index < -0.39 is 10.8 Å². The number of rotatable bonds is 7. The van der Waals surface area contributed by atoms with Crippen LogP contribution in [0.1, 0.15) is 32.1 Å². The van der Waals surface area contributed by atoms with Crippen LogP contribution in [-0.4, -0.2) is 23.7 Å². The number of benzene rings is 2. The Morgan fingerprint density at radius 3 is 2.39 bits per heavy atom. The molecule has 1 heterocycles. The molecule has 0 aliphatic heterocycles. The van der Waals surface area contributed by atoms with Crippen LogP contribution < -0.4 is 10.2 Å². The number of carbonyl (C=O) groups is 1. The highest BCUT2D eigenvalue weighted by molar-refractivity contribution is 5.81. The van der Waals surface area contributed by atoms with Crippen molar-refractivity contribution in [2.45, 2.75) is 26.2 Å². The van der Waals surface area contributed by atoms with Gasteiger partial charge in [-0.2, -0.15) is 5.10 Å². The van der Waals surface area contributed by atoms with Gasteiger partial charge >= 0.3 is 0 Å². The molecular weight excluding hydrogens is 398 g/mol. The van der Waals surface area contributed by atoms with Crippen molar-refractivity contribution in [2.75, 3.05) is 6.61 Å². The molecule has 0 spiro atoms. The predicted molar refractivity (Wildman–Crippen MR) is 117 cm³/mol. The van der Waals surface area contributed by atoms with Crippen molar-refractivity contribution >= 4 is 17.8 Å². The molecule has 0 atom stereocenters. The van der Waals surface area contributed by atoms with E-state index in [1.165, 1.54) is 23.9 Å². The first-order valence-corrected chi connectivity index (χ1v) is 9.62. The van der Waals surface area contributed by atoms with E-state index in [0.29, 0.717) is 22.8 Å². The monoisotopic (exact) mass is 421 g/mol. The highest BCUT2D eigenvalue weighted by Gasteiger charge is 2.13. The molecule has 0 radical (unpaired) electrons. The number of nitrogens with one attached hydrogen (secondary N) is 1. The lowest BCUT2D eigenvalue weighted by atomic mass is 9.87. The molecule has 0 saturated heterocycles. The van der Waals surface area contributed by atoms with E-state index in [1.54, 1.807) is 24.3 Å². The van der Waals surface area contributed by atoms with Crippen LogP contribution in [0.15, 0.2) is 70.2 Å². The van der Waals surface area contributed by atoms with Crippen molar-refractivity contribution in [2.24, 2.45) is 5.10 Å². The van der Waals surface area contributed by atoms with Gasteiger partial charge in [0, 0.05) is 17.7 Å². The molecule has 8 heteroatoms. The lowest BCUT2D eigenvalue weighted by molar-refractivity contribution is -0.384. The van der Waals surface area contributed by atoms with Crippen LogP contribution in [0, 0.1) is 10.1 Å². The molecular formula is C23H23N3O5. The van der Waals surface area contributed by atoms with Crippen molar-refractivity contribution < 1.29 is 18.9 Å². The Hall–Kier alpha value is -3.94. The Balaban J connectivity index is 1.49. The SMILES string of the molecule is CC(C)(C)c1ccc(OCC(=O)NN=Cc2ccc(-c3ccc([N+](=O)[O-])cc3)o2)cc1. The molecule has 3 rings (SSSR count). The topological polar surface area (TPSA) is 107 Å². The van der Waals surface area contributed by atoms with Crippen molar-refractivity contribution in [3.63, 3.8) is 0 Å². The Bertz CT molecular complexity index is 1080. The second kappa shape index (κ2) is 9.25. The summed E-state index contributed by atoms with van der Waals surface area (Å²) in [6, 6.07) is 17.0. The Labute approximate surface area is 179 Å². The highest BCUT2D eigenvalue weighted by Crippen LogP contribution is 2.25. The lowest BCUT2D eigenvalue weighted by Crippen LogP contribution is -2.24. The van der Waals surface area contributed by atoms with Crippen molar-refractivity contribution in [1.29, 1.82) is 0 Å². The van der Waals surface area contributed by atoms with Gasteiger partial charge in [0.25, 0.3) is 11.6 Å². The molecule has 0 aliphatic rings. The first-order chi connectivity index (χ1) is 14.7. The third-order valence-corrected chi connectivity index (χ3v) is 4.46. The molecule has 0 aliphatic carbocycles. The summed E-state index contributed by atoms with van der Waals surface area (Å²) in [5.41, 5.74) is 4.31. The average Bonchev–Trinajstić information content (AvgIpc) is 3.21. The van der Waals surface area contributed by atoms with Gasteiger partial charge in [-0.25, -0.2) is 5.43 Å². The molecule has 0 bridgehead atoms. The van der Waals surface area contributed by atoms with Gasteiger partial charge in [-0.3, -0.25) is 14.9 Å². The fourth-order valence-corrected chi connectivity index (χ4v) is 2.72. The van der Waals surface area contributed by atoms with Crippen LogP contribution in [0.2, 0.25) is 0 Å². The lowest BCUT2D eigenvalue weighted by Gasteiger charge is -2.19. The van der Waals surface area contributed by atoms with E-state index in [-0.39, 0.29) is 17.7 Å². The molecule has 0 saturated carbocycles. The van der Waals surface area contributed by atoms with Gasteiger partial charge in [0.05, 0.1) is 11.1 Å². The fourth-order valence-electron chi connectivity index (χ4n) is 2.72. The number of hydrogen-bond acceptors (Lipinski definition) is 6. The quantitative estimate of drug-likeness (QED) is 0.339.